The Bertz CT molecular complexity index is 838. The zero-order valence-electron chi connectivity index (χ0n) is 11.0. The molecule has 0 bridgehead atoms. The van der Waals surface area contributed by atoms with Gasteiger partial charge in [-0.15, -0.1) is 0 Å². The molecule has 0 saturated carbocycles. The minimum Gasteiger partial charge on any atom is -0.263 e. The van der Waals surface area contributed by atoms with E-state index in [1.807, 2.05) is 0 Å². The predicted octanol–water partition coefficient (Wildman–Crippen LogP) is 2.60. The van der Waals surface area contributed by atoms with Gasteiger partial charge in [0.15, 0.2) is 0 Å². The summed E-state index contributed by atoms with van der Waals surface area (Å²) in [5.74, 6) is 3.73. The fourth-order valence-corrected chi connectivity index (χ4v) is 4.72. The highest BCUT2D eigenvalue weighted by molar-refractivity contribution is 8.19. The first-order valence-electron chi connectivity index (χ1n) is 5.71. The van der Waals surface area contributed by atoms with Crippen LogP contribution in [0.2, 0.25) is 5.02 Å². The molecule has 1 N–H and O–H groups in total. The topological polar surface area (TPSA) is 102 Å². The van der Waals surface area contributed by atoms with Gasteiger partial charge in [-0.05, 0) is 18.2 Å². The van der Waals surface area contributed by atoms with Gasteiger partial charge in [0.1, 0.15) is 4.90 Å². The van der Waals surface area contributed by atoms with Crippen LogP contribution in [-0.2, 0) is 10.0 Å². The third kappa shape index (κ3) is 3.69. The van der Waals surface area contributed by atoms with E-state index in [4.69, 9.17) is 11.6 Å². The normalized spacial score (nSPS) is 12.8. The van der Waals surface area contributed by atoms with Crippen LogP contribution in [0.3, 0.4) is 0 Å². The van der Waals surface area contributed by atoms with E-state index in [2.05, 4.69) is 15.0 Å². The Labute approximate surface area is 134 Å². The summed E-state index contributed by atoms with van der Waals surface area (Å²) in [5.41, 5.74) is -0.0843. The molecule has 7 nitrogen and oxygen atoms in total. The number of benzene rings is 1. The van der Waals surface area contributed by atoms with Crippen LogP contribution in [0.5, 0.6) is 0 Å². The molecule has 1 heterocycles. The van der Waals surface area contributed by atoms with Gasteiger partial charge in [0.2, 0.25) is 0 Å². The van der Waals surface area contributed by atoms with Crippen LogP contribution >= 0.6 is 22.3 Å². The highest BCUT2D eigenvalue weighted by Crippen LogP contribution is 2.27. The standard InChI is InChI=1S/C12H10ClN3O4S2/c1-21(10-4-2-9(3-5-10)16(17)18)15-22(19,20)12-8-14-7-6-11(12)13/h2-8,15H,1H2. The van der Waals surface area contributed by atoms with Crippen LogP contribution in [0.15, 0.2) is 52.5 Å². The maximum absolute atomic E-state index is 12.2. The summed E-state index contributed by atoms with van der Waals surface area (Å²) in [6.07, 6.45) is 2.51. The number of nitro benzene ring substituents is 1. The summed E-state index contributed by atoms with van der Waals surface area (Å²) in [5, 5.41) is 10.6. The number of sulfonamides is 1. The smallest absolute Gasteiger partial charge is 0.263 e. The van der Waals surface area contributed by atoms with E-state index in [9.17, 15) is 18.5 Å². The van der Waals surface area contributed by atoms with E-state index in [0.29, 0.717) is 4.90 Å². The number of non-ortho nitro benzene ring substituents is 1. The van der Waals surface area contributed by atoms with Crippen LogP contribution < -0.4 is 4.13 Å². The summed E-state index contributed by atoms with van der Waals surface area (Å²) in [6, 6.07) is 6.82. The van der Waals surface area contributed by atoms with E-state index < -0.39 is 25.6 Å². The number of nitrogens with one attached hydrogen (secondary N) is 1. The van der Waals surface area contributed by atoms with Gasteiger partial charge >= 0.3 is 0 Å². The van der Waals surface area contributed by atoms with Gasteiger partial charge in [-0.1, -0.05) is 28.1 Å². The quantitative estimate of drug-likeness (QED) is 0.502. The Kier molecular flexibility index (Phi) is 4.91. The number of hydrogen-bond donors (Lipinski definition) is 1. The van der Waals surface area contributed by atoms with Crippen molar-refractivity contribution in [2.75, 3.05) is 0 Å². The highest BCUT2D eigenvalue weighted by Gasteiger charge is 2.19. The van der Waals surface area contributed by atoms with Crippen molar-refractivity contribution >= 4 is 43.9 Å². The van der Waals surface area contributed by atoms with Crippen molar-refractivity contribution in [3.63, 3.8) is 0 Å². The molecule has 0 saturated heterocycles. The Morgan fingerprint density at radius 1 is 1.27 bits per heavy atom. The first kappa shape index (κ1) is 16.6. The molecule has 0 aliphatic heterocycles. The van der Waals surface area contributed by atoms with Crippen LogP contribution in [0.1, 0.15) is 0 Å². The molecule has 1 aromatic carbocycles. The number of aromatic nitrogens is 1. The maximum atomic E-state index is 12.2. The molecular formula is C12H10ClN3O4S2. The molecular weight excluding hydrogens is 350 g/mol. The summed E-state index contributed by atoms with van der Waals surface area (Å²) < 4.78 is 26.8. The maximum Gasteiger partial charge on any atom is 0.269 e. The fourth-order valence-electron chi connectivity index (χ4n) is 1.52. The molecule has 2 aromatic rings. The van der Waals surface area contributed by atoms with Crippen LogP contribution in [0.25, 0.3) is 0 Å². The molecule has 116 valence electrons. The lowest BCUT2D eigenvalue weighted by molar-refractivity contribution is -0.384. The summed E-state index contributed by atoms with van der Waals surface area (Å²) in [7, 11) is -5.02. The van der Waals surface area contributed by atoms with Gasteiger partial charge in [-0.3, -0.25) is 15.1 Å². The molecule has 1 atom stereocenters. The van der Waals surface area contributed by atoms with Crippen molar-refractivity contribution in [1.82, 2.24) is 9.11 Å². The molecule has 10 heteroatoms. The highest BCUT2D eigenvalue weighted by atomic mass is 35.5. The van der Waals surface area contributed by atoms with Gasteiger partial charge in [-0.25, -0.2) is 8.42 Å². The molecule has 0 spiro atoms. The zero-order valence-corrected chi connectivity index (χ0v) is 13.4. The minimum absolute atomic E-state index is 0.0446. The van der Waals surface area contributed by atoms with E-state index in [1.54, 1.807) is 0 Å². The second kappa shape index (κ2) is 6.53. The monoisotopic (exact) mass is 359 g/mol. The van der Waals surface area contributed by atoms with E-state index in [-0.39, 0.29) is 15.6 Å². The van der Waals surface area contributed by atoms with Crippen molar-refractivity contribution in [3.8, 4) is 0 Å². The lowest BCUT2D eigenvalue weighted by atomic mass is 10.3. The van der Waals surface area contributed by atoms with Crippen LogP contribution in [-0.4, -0.2) is 24.2 Å². The molecule has 1 aromatic heterocycles. The molecule has 22 heavy (non-hydrogen) atoms. The third-order valence-electron chi connectivity index (χ3n) is 2.57. The van der Waals surface area contributed by atoms with Gasteiger partial charge < -0.3 is 0 Å². The predicted molar refractivity (Wildman–Crippen MR) is 85.6 cm³/mol. The molecule has 2 rings (SSSR count). The Hall–Kier alpha value is -1.81. The number of hydrogen-bond acceptors (Lipinski definition) is 5. The molecule has 0 amide bonds. The summed E-state index contributed by atoms with van der Waals surface area (Å²) >= 11 is 5.84. The average molecular weight is 360 g/mol. The van der Waals surface area contributed by atoms with Crippen molar-refractivity contribution in [2.45, 2.75) is 9.79 Å². The van der Waals surface area contributed by atoms with Gasteiger partial charge in [0.05, 0.1) is 9.95 Å². The molecule has 0 aliphatic carbocycles. The van der Waals surface area contributed by atoms with Crippen molar-refractivity contribution < 1.29 is 13.3 Å². The van der Waals surface area contributed by atoms with Gasteiger partial charge in [-0.2, -0.15) is 4.13 Å². The van der Waals surface area contributed by atoms with Crippen LogP contribution in [0, 0.1) is 10.1 Å². The zero-order chi connectivity index (χ0) is 16.3. The molecule has 0 fully saturated rings. The fraction of sp³-hybridized carbons (Fsp3) is 0. The second-order valence-electron chi connectivity index (χ2n) is 4.03. The molecule has 1 unspecified atom stereocenters. The largest absolute Gasteiger partial charge is 0.269 e. The number of halogens is 1. The van der Waals surface area contributed by atoms with Gasteiger partial charge in [0.25, 0.3) is 15.7 Å². The SMILES string of the molecule is C=S(NS(=O)(=O)c1cnccc1Cl)c1ccc([N+](=O)[O-])cc1. The Balaban J connectivity index is 2.24. The van der Waals surface area contributed by atoms with Crippen molar-refractivity contribution in [2.24, 2.45) is 0 Å². The summed E-state index contributed by atoms with van der Waals surface area (Å²) in [6.45, 7) is 0. The van der Waals surface area contributed by atoms with Crippen molar-refractivity contribution in [3.05, 3.63) is 57.9 Å². The Morgan fingerprint density at radius 2 is 1.91 bits per heavy atom. The minimum atomic E-state index is -3.89. The molecule has 0 radical (unpaired) electrons. The average Bonchev–Trinajstić information content (AvgIpc) is 2.47. The molecule has 0 aliphatic rings. The van der Waals surface area contributed by atoms with Crippen LogP contribution in [0.4, 0.5) is 5.69 Å². The number of pyridine rings is 1. The summed E-state index contributed by atoms with van der Waals surface area (Å²) in [4.78, 5) is 14.1. The lowest BCUT2D eigenvalue weighted by Gasteiger charge is -2.11. The lowest BCUT2D eigenvalue weighted by Crippen LogP contribution is -2.19. The first-order valence-corrected chi connectivity index (χ1v) is 8.97. The number of nitrogens with zero attached hydrogens (tertiary/aromatic N) is 2. The number of nitro groups is 1. The van der Waals surface area contributed by atoms with E-state index >= 15 is 0 Å². The van der Waals surface area contributed by atoms with Crippen molar-refractivity contribution in [1.29, 1.82) is 0 Å². The third-order valence-corrected chi connectivity index (χ3v) is 6.44. The van der Waals surface area contributed by atoms with E-state index in [1.165, 1.54) is 36.5 Å². The van der Waals surface area contributed by atoms with Gasteiger partial charge in [0, 0.05) is 29.4 Å². The van der Waals surface area contributed by atoms with E-state index in [0.717, 1.165) is 6.20 Å². The first-order chi connectivity index (χ1) is 10.3. The second-order valence-corrected chi connectivity index (χ2v) is 7.81. The number of rotatable bonds is 5. The Morgan fingerprint density at radius 3 is 2.45 bits per heavy atom.